The molecule has 52 valence electrons. The Bertz CT molecular complexity index is 138. The lowest BCUT2D eigenvalue weighted by Crippen LogP contribution is -2.51. The molecule has 0 heterocycles. The van der Waals surface area contributed by atoms with Gasteiger partial charge in [-0.1, -0.05) is 0 Å². The number of thiol groups is 1. The van der Waals surface area contributed by atoms with Gasteiger partial charge in [-0.05, 0) is 0 Å². The van der Waals surface area contributed by atoms with Gasteiger partial charge in [0, 0.05) is 5.75 Å². The molecule has 0 aromatic heterocycles. The van der Waals surface area contributed by atoms with Gasteiger partial charge in [0.1, 0.15) is 0 Å². The normalized spacial score (nSPS) is 16.2. The second-order valence-electron chi connectivity index (χ2n) is 1.62. The minimum absolute atomic E-state index is 0.169. The van der Waals surface area contributed by atoms with Crippen LogP contribution in [0.5, 0.6) is 0 Å². The summed E-state index contributed by atoms with van der Waals surface area (Å²) in [6, 6.07) is 0. The van der Waals surface area contributed by atoms with E-state index in [0.29, 0.717) is 0 Å². The zero-order chi connectivity index (χ0) is 7.49. The molecule has 0 bridgehead atoms. The van der Waals surface area contributed by atoms with Crippen molar-refractivity contribution >= 4 is 24.9 Å². The Balaban J connectivity index is 4.27. The van der Waals surface area contributed by atoms with Crippen LogP contribution in [0.3, 0.4) is 0 Å². The second kappa shape index (κ2) is 2.84. The van der Waals surface area contributed by atoms with E-state index in [0.717, 1.165) is 0 Å². The average Bonchev–Trinajstić information content (AvgIpc) is 1.86. The fraction of sp³-hybridized carbons (Fsp3) is 0.500. The lowest BCUT2D eigenvalue weighted by molar-refractivity contribution is -0.144. The molecule has 0 amide bonds. The Hall–Kier alpha value is -0.550. The number of hydrogen-bond acceptors (Lipinski definition) is 4. The maximum atomic E-state index is 10.1. The van der Waals surface area contributed by atoms with Crippen LogP contribution in [0.25, 0.3) is 0 Å². The van der Waals surface area contributed by atoms with Gasteiger partial charge >= 0.3 is 5.97 Å². The molecule has 0 aliphatic carbocycles. The Morgan fingerprint density at radius 2 is 2.33 bits per heavy atom. The monoisotopic (exact) mass is 149 g/mol. The molecule has 0 saturated heterocycles. The van der Waals surface area contributed by atoms with Gasteiger partial charge in [0.25, 0.3) is 0 Å². The van der Waals surface area contributed by atoms with Crippen LogP contribution in [-0.4, -0.2) is 28.7 Å². The SMILES string of the molecule is N[C@](C=O)(CS)C(=O)O. The Morgan fingerprint density at radius 3 is 2.33 bits per heavy atom. The number of carboxylic acids is 1. The van der Waals surface area contributed by atoms with E-state index < -0.39 is 11.5 Å². The Labute approximate surface area is 57.4 Å². The first-order valence-electron chi connectivity index (χ1n) is 2.16. The standard InChI is InChI=1S/C4H7NO3S/c5-4(1-6,2-9)3(7)8/h1,9H,2,5H2,(H,7,8)/t4-/m1/s1. The maximum absolute atomic E-state index is 10.1. The number of aldehydes is 1. The minimum Gasteiger partial charge on any atom is -0.480 e. The third-order valence-corrected chi connectivity index (χ3v) is 1.39. The lowest BCUT2D eigenvalue weighted by Gasteiger charge is -2.12. The van der Waals surface area contributed by atoms with Crippen molar-refractivity contribution in [2.45, 2.75) is 5.54 Å². The van der Waals surface area contributed by atoms with Crippen molar-refractivity contribution in [2.24, 2.45) is 5.73 Å². The zero-order valence-corrected chi connectivity index (χ0v) is 5.47. The van der Waals surface area contributed by atoms with Crippen LogP contribution < -0.4 is 5.73 Å². The van der Waals surface area contributed by atoms with E-state index in [1.807, 2.05) is 0 Å². The quantitative estimate of drug-likeness (QED) is 0.270. The molecule has 3 N–H and O–H groups in total. The van der Waals surface area contributed by atoms with Crippen molar-refractivity contribution in [2.75, 3.05) is 5.75 Å². The largest absolute Gasteiger partial charge is 0.480 e. The predicted octanol–water partition coefficient (Wildman–Crippen LogP) is -1.10. The fourth-order valence-electron chi connectivity index (χ4n) is 0.155. The Kier molecular flexibility index (Phi) is 2.66. The van der Waals surface area contributed by atoms with Gasteiger partial charge in [0.15, 0.2) is 11.8 Å². The highest BCUT2D eigenvalue weighted by Crippen LogP contribution is 1.97. The Morgan fingerprint density at radius 1 is 1.89 bits per heavy atom. The fourth-order valence-corrected chi connectivity index (χ4v) is 0.365. The van der Waals surface area contributed by atoms with E-state index in [1.54, 1.807) is 0 Å². The average molecular weight is 149 g/mol. The number of carbonyl (C=O) groups excluding carboxylic acids is 1. The molecule has 0 aromatic carbocycles. The van der Waals surface area contributed by atoms with Crippen LogP contribution in [-0.2, 0) is 9.59 Å². The third-order valence-electron chi connectivity index (χ3n) is 0.870. The van der Waals surface area contributed by atoms with Gasteiger partial charge in [-0.3, -0.25) is 0 Å². The van der Waals surface area contributed by atoms with E-state index in [9.17, 15) is 9.59 Å². The van der Waals surface area contributed by atoms with E-state index in [2.05, 4.69) is 12.6 Å². The molecule has 5 heteroatoms. The van der Waals surface area contributed by atoms with Crippen molar-refractivity contribution in [1.29, 1.82) is 0 Å². The molecule has 0 spiro atoms. The molecule has 0 fully saturated rings. The molecular weight excluding hydrogens is 142 g/mol. The van der Waals surface area contributed by atoms with Crippen LogP contribution in [0, 0.1) is 0 Å². The molecule has 4 nitrogen and oxygen atoms in total. The number of carboxylic acid groups (broad SMARTS) is 1. The number of aliphatic carboxylic acids is 1. The molecule has 0 unspecified atom stereocenters. The molecule has 0 aliphatic rings. The summed E-state index contributed by atoms with van der Waals surface area (Å²) in [6.07, 6.45) is 0.169. The van der Waals surface area contributed by atoms with E-state index in [1.165, 1.54) is 0 Å². The summed E-state index contributed by atoms with van der Waals surface area (Å²) >= 11 is 3.58. The molecular formula is C4H7NO3S. The van der Waals surface area contributed by atoms with E-state index in [-0.39, 0.29) is 12.0 Å². The number of carbonyl (C=O) groups is 2. The first-order valence-corrected chi connectivity index (χ1v) is 2.79. The van der Waals surface area contributed by atoms with Crippen LogP contribution in [0.4, 0.5) is 0 Å². The molecule has 0 rings (SSSR count). The van der Waals surface area contributed by atoms with Gasteiger partial charge in [0.2, 0.25) is 0 Å². The van der Waals surface area contributed by atoms with Crippen molar-refractivity contribution in [3.8, 4) is 0 Å². The highest BCUT2D eigenvalue weighted by Gasteiger charge is 2.31. The summed E-state index contributed by atoms with van der Waals surface area (Å²) in [4.78, 5) is 20.0. The first-order chi connectivity index (χ1) is 4.06. The van der Waals surface area contributed by atoms with Gasteiger partial charge in [-0.15, -0.1) is 0 Å². The smallest absolute Gasteiger partial charge is 0.332 e. The van der Waals surface area contributed by atoms with Crippen LogP contribution >= 0.6 is 12.6 Å². The highest BCUT2D eigenvalue weighted by molar-refractivity contribution is 7.80. The first kappa shape index (κ1) is 8.45. The number of nitrogens with two attached hydrogens (primary N) is 1. The molecule has 1 atom stereocenters. The summed E-state index contributed by atoms with van der Waals surface area (Å²) < 4.78 is 0. The van der Waals surface area contributed by atoms with Gasteiger partial charge in [-0.2, -0.15) is 12.6 Å². The van der Waals surface area contributed by atoms with Crippen LogP contribution in [0.1, 0.15) is 0 Å². The molecule has 9 heavy (non-hydrogen) atoms. The van der Waals surface area contributed by atoms with E-state index >= 15 is 0 Å². The van der Waals surface area contributed by atoms with Crippen molar-refractivity contribution in [1.82, 2.24) is 0 Å². The van der Waals surface area contributed by atoms with Gasteiger partial charge in [-0.25, -0.2) is 4.79 Å². The maximum Gasteiger partial charge on any atom is 0.332 e. The lowest BCUT2D eigenvalue weighted by atomic mass is 10.1. The summed E-state index contributed by atoms with van der Waals surface area (Å²) in [7, 11) is 0. The van der Waals surface area contributed by atoms with Gasteiger partial charge in [0.05, 0.1) is 0 Å². The number of rotatable bonds is 3. The van der Waals surface area contributed by atoms with Gasteiger partial charge < -0.3 is 15.6 Å². The van der Waals surface area contributed by atoms with E-state index in [4.69, 9.17) is 10.8 Å². The van der Waals surface area contributed by atoms with Crippen molar-refractivity contribution < 1.29 is 14.7 Å². The topological polar surface area (TPSA) is 80.4 Å². The zero-order valence-electron chi connectivity index (χ0n) is 4.57. The molecule has 0 aromatic rings. The minimum atomic E-state index is -1.82. The van der Waals surface area contributed by atoms with Crippen LogP contribution in [0.2, 0.25) is 0 Å². The summed E-state index contributed by atoms with van der Waals surface area (Å²) in [6.45, 7) is 0. The van der Waals surface area contributed by atoms with Crippen LogP contribution in [0.15, 0.2) is 0 Å². The molecule has 0 saturated carbocycles. The third kappa shape index (κ3) is 1.69. The predicted molar refractivity (Wildman–Crippen MR) is 34.5 cm³/mol. The molecule has 0 radical (unpaired) electrons. The number of hydrogen-bond donors (Lipinski definition) is 3. The van der Waals surface area contributed by atoms with Crippen molar-refractivity contribution in [3.63, 3.8) is 0 Å². The summed E-state index contributed by atoms with van der Waals surface area (Å²) in [5, 5.41) is 8.23. The molecule has 0 aliphatic heterocycles. The second-order valence-corrected chi connectivity index (χ2v) is 1.94. The summed E-state index contributed by atoms with van der Waals surface area (Å²) in [5.74, 6) is -1.54. The summed E-state index contributed by atoms with van der Waals surface area (Å²) in [5.41, 5.74) is 3.18. The van der Waals surface area contributed by atoms with Crippen molar-refractivity contribution in [3.05, 3.63) is 0 Å². The highest BCUT2D eigenvalue weighted by atomic mass is 32.1.